The standard InChI is InChI=1S/C32H40ClN3O7S/c1-6-19-34-32(38)28(7-2)35(21-23-9-11-24(33)12-10-23)31(37)22-36(25-13-15-26(16-14-25)43-8-3)44(39,40)27-17-18-29(41-4)30(20-27)42-5/h9-18,20,28H,6-8,19,21-22H2,1-5H3,(H,34,38). The largest absolute Gasteiger partial charge is 0.494 e. The average Bonchev–Trinajstić information content (AvgIpc) is 3.03. The molecule has 0 bridgehead atoms. The van der Waals surface area contributed by atoms with Crippen LogP contribution < -0.4 is 23.8 Å². The number of amides is 2. The Labute approximate surface area is 264 Å². The Hall–Kier alpha value is -3.96. The van der Waals surface area contributed by atoms with Crippen LogP contribution >= 0.6 is 11.6 Å². The molecule has 2 amide bonds. The first kappa shape index (κ1) is 34.5. The number of anilines is 1. The molecule has 0 saturated carbocycles. The van der Waals surface area contributed by atoms with Gasteiger partial charge in [0.15, 0.2) is 11.5 Å². The second-order valence-electron chi connectivity index (χ2n) is 9.82. The van der Waals surface area contributed by atoms with Gasteiger partial charge in [0.1, 0.15) is 18.3 Å². The molecule has 1 atom stereocenters. The van der Waals surface area contributed by atoms with Crippen molar-refractivity contribution < 1.29 is 32.2 Å². The van der Waals surface area contributed by atoms with Crippen molar-refractivity contribution >= 4 is 39.1 Å². The number of halogens is 1. The highest BCUT2D eigenvalue weighted by Crippen LogP contribution is 2.33. The minimum atomic E-state index is -4.32. The Bertz CT molecular complexity index is 1500. The van der Waals surface area contributed by atoms with E-state index in [2.05, 4.69) is 5.32 Å². The van der Waals surface area contributed by atoms with Crippen LogP contribution in [-0.2, 0) is 26.2 Å². The Morgan fingerprint density at radius 3 is 2.14 bits per heavy atom. The predicted octanol–water partition coefficient (Wildman–Crippen LogP) is 5.28. The van der Waals surface area contributed by atoms with Gasteiger partial charge in [0.2, 0.25) is 11.8 Å². The van der Waals surface area contributed by atoms with Crippen LogP contribution in [0.4, 0.5) is 5.69 Å². The highest BCUT2D eigenvalue weighted by Gasteiger charge is 2.34. The number of methoxy groups -OCH3 is 2. The first-order valence-electron chi connectivity index (χ1n) is 14.4. The van der Waals surface area contributed by atoms with Crippen LogP contribution in [0.15, 0.2) is 71.6 Å². The fourth-order valence-corrected chi connectivity index (χ4v) is 6.14. The lowest BCUT2D eigenvalue weighted by Gasteiger charge is -2.33. The number of carbonyl (C=O) groups is 2. The first-order chi connectivity index (χ1) is 21.1. The van der Waals surface area contributed by atoms with Crippen LogP contribution in [0.2, 0.25) is 5.02 Å². The highest BCUT2D eigenvalue weighted by atomic mass is 35.5. The zero-order valence-electron chi connectivity index (χ0n) is 25.7. The molecule has 0 aliphatic carbocycles. The van der Waals surface area contributed by atoms with Crippen molar-refractivity contribution in [3.8, 4) is 17.2 Å². The third kappa shape index (κ3) is 8.57. The van der Waals surface area contributed by atoms with Crippen molar-refractivity contribution in [3.05, 3.63) is 77.3 Å². The van der Waals surface area contributed by atoms with Gasteiger partial charge in [0.05, 0.1) is 31.4 Å². The molecular formula is C32H40ClN3O7S. The number of nitrogens with one attached hydrogen (secondary N) is 1. The third-order valence-corrected chi connectivity index (χ3v) is 8.88. The van der Waals surface area contributed by atoms with Crippen LogP contribution in [0.5, 0.6) is 17.2 Å². The molecule has 0 spiro atoms. The van der Waals surface area contributed by atoms with Gasteiger partial charge in [-0.25, -0.2) is 8.42 Å². The smallest absolute Gasteiger partial charge is 0.264 e. The summed E-state index contributed by atoms with van der Waals surface area (Å²) in [6, 6.07) is 16.7. The van der Waals surface area contributed by atoms with Gasteiger partial charge in [-0.2, -0.15) is 0 Å². The maximum absolute atomic E-state index is 14.2. The van der Waals surface area contributed by atoms with Crippen molar-refractivity contribution in [3.63, 3.8) is 0 Å². The van der Waals surface area contributed by atoms with E-state index in [1.165, 1.54) is 37.3 Å². The molecule has 3 aromatic carbocycles. The molecule has 1 unspecified atom stereocenters. The van der Waals surface area contributed by atoms with Crippen LogP contribution in [0, 0.1) is 0 Å². The number of sulfonamides is 1. The molecule has 0 aliphatic heterocycles. The number of rotatable bonds is 16. The molecule has 0 aromatic heterocycles. The molecule has 0 aliphatic rings. The number of hydrogen-bond acceptors (Lipinski definition) is 7. The molecule has 238 valence electrons. The normalized spacial score (nSPS) is 11.8. The van der Waals surface area contributed by atoms with E-state index in [4.69, 9.17) is 25.8 Å². The minimum absolute atomic E-state index is 0.0710. The highest BCUT2D eigenvalue weighted by molar-refractivity contribution is 7.92. The quantitative estimate of drug-likeness (QED) is 0.225. The van der Waals surface area contributed by atoms with Gasteiger partial charge in [-0.3, -0.25) is 13.9 Å². The molecule has 12 heteroatoms. The molecule has 0 saturated heterocycles. The second-order valence-corrected chi connectivity index (χ2v) is 12.1. The predicted molar refractivity (Wildman–Crippen MR) is 171 cm³/mol. The summed E-state index contributed by atoms with van der Waals surface area (Å²) in [4.78, 5) is 28.7. The summed E-state index contributed by atoms with van der Waals surface area (Å²) >= 11 is 6.08. The van der Waals surface area contributed by atoms with E-state index in [0.29, 0.717) is 36.1 Å². The van der Waals surface area contributed by atoms with Gasteiger partial charge in [-0.15, -0.1) is 0 Å². The maximum atomic E-state index is 14.2. The fraction of sp³-hybridized carbons (Fsp3) is 0.375. The molecule has 3 aromatic rings. The van der Waals surface area contributed by atoms with Gasteiger partial charge in [0, 0.05) is 24.2 Å². The lowest BCUT2D eigenvalue weighted by molar-refractivity contribution is -0.140. The summed E-state index contributed by atoms with van der Waals surface area (Å²) in [5.41, 5.74) is 0.978. The molecule has 3 rings (SSSR count). The van der Waals surface area contributed by atoms with E-state index >= 15 is 0 Å². The number of benzene rings is 3. The van der Waals surface area contributed by atoms with Crippen LogP contribution in [0.1, 0.15) is 39.2 Å². The Kier molecular flexibility index (Phi) is 12.7. The van der Waals surface area contributed by atoms with E-state index in [9.17, 15) is 18.0 Å². The van der Waals surface area contributed by atoms with Crippen LogP contribution in [0.3, 0.4) is 0 Å². The first-order valence-corrected chi connectivity index (χ1v) is 16.2. The topological polar surface area (TPSA) is 114 Å². The summed E-state index contributed by atoms with van der Waals surface area (Å²) in [5.74, 6) is 0.250. The summed E-state index contributed by atoms with van der Waals surface area (Å²) in [7, 11) is -1.46. The fourth-order valence-electron chi connectivity index (χ4n) is 4.58. The Morgan fingerprint density at radius 2 is 1.57 bits per heavy atom. The van der Waals surface area contributed by atoms with Crippen molar-refractivity contribution in [1.29, 1.82) is 0 Å². The van der Waals surface area contributed by atoms with E-state index in [-0.39, 0.29) is 28.8 Å². The van der Waals surface area contributed by atoms with Gasteiger partial charge in [-0.1, -0.05) is 37.6 Å². The summed E-state index contributed by atoms with van der Waals surface area (Å²) < 4.78 is 45.6. The lowest BCUT2D eigenvalue weighted by atomic mass is 10.1. The SMILES string of the molecule is CCCNC(=O)C(CC)N(Cc1ccc(Cl)cc1)C(=O)CN(c1ccc(OCC)cc1)S(=O)(=O)c1ccc(OC)c(OC)c1. The van der Waals surface area contributed by atoms with Gasteiger partial charge < -0.3 is 24.4 Å². The number of carbonyl (C=O) groups excluding carboxylic acids is 2. The number of hydrogen-bond donors (Lipinski definition) is 1. The van der Waals surface area contributed by atoms with E-state index in [1.807, 2.05) is 20.8 Å². The number of nitrogens with zero attached hydrogens (tertiary/aromatic N) is 2. The molecular weight excluding hydrogens is 606 g/mol. The van der Waals surface area contributed by atoms with Gasteiger partial charge in [0.25, 0.3) is 10.0 Å². The minimum Gasteiger partial charge on any atom is -0.494 e. The maximum Gasteiger partial charge on any atom is 0.264 e. The van der Waals surface area contributed by atoms with E-state index in [1.54, 1.807) is 48.5 Å². The summed E-state index contributed by atoms with van der Waals surface area (Å²) in [6.45, 7) is 5.97. The molecule has 10 nitrogen and oxygen atoms in total. The number of ether oxygens (including phenoxy) is 3. The Balaban J connectivity index is 2.10. The van der Waals surface area contributed by atoms with Gasteiger partial charge in [-0.05, 0) is 73.9 Å². The van der Waals surface area contributed by atoms with Crippen molar-refractivity contribution in [2.24, 2.45) is 0 Å². The molecule has 0 heterocycles. The van der Waals surface area contributed by atoms with Crippen molar-refractivity contribution in [2.75, 3.05) is 38.2 Å². The summed E-state index contributed by atoms with van der Waals surface area (Å²) in [6.07, 6.45) is 1.04. The second kappa shape index (κ2) is 16.2. The monoisotopic (exact) mass is 645 g/mol. The molecule has 0 radical (unpaired) electrons. The van der Waals surface area contributed by atoms with E-state index < -0.39 is 28.5 Å². The van der Waals surface area contributed by atoms with Crippen molar-refractivity contribution in [2.45, 2.75) is 51.1 Å². The average molecular weight is 646 g/mol. The molecule has 44 heavy (non-hydrogen) atoms. The van der Waals surface area contributed by atoms with Crippen LogP contribution in [-0.4, -0.2) is 65.1 Å². The summed E-state index contributed by atoms with van der Waals surface area (Å²) in [5, 5.41) is 3.40. The zero-order valence-corrected chi connectivity index (χ0v) is 27.3. The lowest BCUT2D eigenvalue weighted by Crippen LogP contribution is -2.52. The Morgan fingerprint density at radius 1 is 0.909 bits per heavy atom. The zero-order chi connectivity index (χ0) is 32.3. The van der Waals surface area contributed by atoms with E-state index in [0.717, 1.165) is 16.3 Å². The molecule has 1 N–H and O–H groups in total. The van der Waals surface area contributed by atoms with Crippen LogP contribution in [0.25, 0.3) is 0 Å². The van der Waals surface area contributed by atoms with Gasteiger partial charge >= 0.3 is 0 Å². The third-order valence-electron chi connectivity index (χ3n) is 6.86. The molecule has 0 fully saturated rings. The van der Waals surface area contributed by atoms with Crippen molar-refractivity contribution in [1.82, 2.24) is 10.2 Å².